The maximum atomic E-state index is 6.43. The summed E-state index contributed by atoms with van der Waals surface area (Å²) in [6.07, 6.45) is 1.11. The molecule has 12 rings (SSSR count). The second kappa shape index (κ2) is 15.8. The van der Waals surface area contributed by atoms with Crippen molar-refractivity contribution in [2.45, 2.75) is 12.8 Å². The molecule has 0 saturated carbocycles. The Morgan fingerprint density at radius 3 is 1.55 bits per heavy atom. The van der Waals surface area contributed by atoms with E-state index in [1.165, 1.54) is 0 Å². The van der Waals surface area contributed by atoms with Crippen LogP contribution in [-0.2, 0) is 12.8 Å². The molecule has 6 heteroatoms. The average Bonchev–Trinajstić information content (AvgIpc) is 3.92. The van der Waals surface area contributed by atoms with Crippen LogP contribution in [0, 0.1) is 0 Å². The van der Waals surface area contributed by atoms with E-state index < -0.39 is 0 Å². The molecule has 0 aliphatic rings. The van der Waals surface area contributed by atoms with Crippen LogP contribution in [0.2, 0.25) is 0 Å². The number of pyridine rings is 1. The lowest BCUT2D eigenvalue weighted by Gasteiger charge is -2.16. The van der Waals surface area contributed by atoms with Crippen molar-refractivity contribution in [1.29, 1.82) is 0 Å². The highest BCUT2D eigenvalue weighted by Gasteiger charge is 2.22. The minimum atomic E-state index is 0.540. The van der Waals surface area contributed by atoms with E-state index in [-0.39, 0.29) is 0 Å². The van der Waals surface area contributed by atoms with E-state index in [0.717, 1.165) is 99.8 Å². The molecular weight excluding hydrogens is 783 g/mol. The molecule has 0 spiro atoms. The van der Waals surface area contributed by atoms with Gasteiger partial charge in [0.2, 0.25) is 0 Å². The predicted molar refractivity (Wildman–Crippen MR) is 260 cm³/mol. The van der Waals surface area contributed by atoms with Crippen LogP contribution in [0.1, 0.15) is 11.5 Å². The zero-order valence-electron chi connectivity index (χ0n) is 34.8. The highest BCUT2D eigenvalue weighted by atomic mass is 16.3. The van der Waals surface area contributed by atoms with Crippen LogP contribution in [0.4, 0.5) is 0 Å². The molecular formula is C58H39N5O. The van der Waals surface area contributed by atoms with Crippen molar-refractivity contribution in [3.63, 3.8) is 0 Å². The monoisotopic (exact) mass is 821 g/mol. The van der Waals surface area contributed by atoms with Crippen molar-refractivity contribution in [3.8, 4) is 62.0 Å². The third-order valence-corrected chi connectivity index (χ3v) is 12.1. The largest absolute Gasteiger partial charge is 0.456 e. The number of furan rings is 1. The van der Waals surface area contributed by atoms with E-state index in [4.69, 9.17) is 24.4 Å². The summed E-state index contributed by atoms with van der Waals surface area (Å²) in [6, 6.07) is 73.9. The zero-order valence-corrected chi connectivity index (χ0v) is 34.8. The van der Waals surface area contributed by atoms with Crippen molar-refractivity contribution >= 4 is 43.7 Å². The van der Waals surface area contributed by atoms with Crippen LogP contribution in [0.3, 0.4) is 0 Å². The van der Waals surface area contributed by atoms with Crippen LogP contribution in [0.15, 0.2) is 217 Å². The number of hydrogen-bond donors (Lipinski definition) is 0. The molecule has 0 aliphatic carbocycles. The first-order valence-corrected chi connectivity index (χ1v) is 21.7. The molecule has 0 N–H and O–H groups in total. The van der Waals surface area contributed by atoms with Crippen LogP contribution in [-0.4, -0.2) is 24.5 Å². The second-order valence-corrected chi connectivity index (χ2v) is 16.1. The summed E-state index contributed by atoms with van der Waals surface area (Å²) in [5.74, 6) is 2.00. The Hall–Kier alpha value is -8.48. The van der Waals surface area contributed by atoms with E-state index >= 15 is 0 Å². The molecule has 0 amide bonds. The first-order valence-electron chi connectivity index (χ1n) is 21.7. The van der Waals surface area contributed by atoms with Gasteiger partial charge in [-0.2, -0.15) is 0 Å². The highest BCUT2D eigenvalue weighted by Crippen LogP contribution is 2.42. The van der Waals surface area contributed by atoms with Gasteiger partial charge < -0.3 is 8.98 Å². The molecule has 12 aromatic rings. The molecule has 0 saturated heterocycles. The summed E-state index contributed by atoms with van der Waals surface area (Å²) >= 11 is 0. The molecule has 8 aromatic carbocycles. The number of benzene rings is 8. The van der Waals surface area contributed by atoms with Gasteiger partial charge >= 0.3 is 0 Å². The Bertz CT molecular complexity index is 3540. The third kappa shape index (κ3) is 6.69. The van der Waals surface area contributed by atoms with Crippen LogP contribution in [0.5, 0.6) is 0 Å². The molecule has 0 fully saturated rings. The van der Waals surface area contributed by atoms with Gasteiger partial charge in [-0.25, -0.2) is 15.0 Å². The topological polar surface area (TPSA) is 69.6 Å². The zero-order chi connectivity index (χ0) is 42.4. The summed E-state index contributed by atoms with van der Waals surface area (Å²) in [4.78, 5) is 20.8. The minimum absolute atomic E-state index is 0.540. The Kier molecular flexibility index (Phi) is 9.19. The van der Waals surface area contributed by atoms with Gasteiger partial charge in [-0.05, 0) is 83.3 Å². The third-order valence-electron chi connectivity index (χ3n) is 12.1. The molecule has 0 radical (unpaired) electrons. The Balaban J connectivity index is 1.07. The maximum absolute atomic E-state index is 6.43. The molecule has 0 unspecified atom stereocenters. The molecule has 64 heavy (non-hydrogen) atoms. The van der Waals surface area contributed by atoms with Crippen molar-refractivity contribution in [1.82, 2.24) is 24.5 Å². The van der Waals surface area contributed by atoms with Gasteiger partial charge in [0, 0.05) is 44.7 Å². The number of nitrogens with zero attached hydrogens (tertiary/aromatic N) is 5. The smallest absolute Gasteiger partial charge is 0.163 e. The van der Waals surface area contributed by atoms with Crippen molar-refractivity contribution < 1.29 is 4.42 Å². The van der Waals surface area contributed by atoms with Crippen LogP contribution < -0.4 is 0 Å². The fourth-order valence-corrected chi connectivity index (χ4v) is 9.14. The molecule has 0 bridgehead atoms. The van der Waals surface area contributed by atoms with Gasteiger partial charge in [0.15, 0.2) is 11.6 Å². The van der Waals surface area contributed by atoms with E-state index in [1.807, 2.05) is 72.8 Å². The molecule has 6 nitrogen and oxygen atoms in total. The Morgan fingerprint density at radius 1 is 0.359 bits per heavy atom. The summed E-state index contributed by atoms with van der Waals surface area (Å²) < 4.78 is 8.81. The molecule has 4 aromatic heterocycles. The van der Waals surface area contributed by atoms with Gasteiger partial charge in [-0.15, -0.1) is 0 Å². The summed E-state index contributed by atoms with van der Waals surface area (Å²) in [5.41, 5.74) is 14.3. The fourth-order valence-electron chi connectivity index (χ4n) is 9.14. The number of rotatable bonds is 9. The minimum Gasteiger partial charge on any atom is -0.456 e. The predicted octanol–water partition coefficient (Wildman–Crippen LogP) is 14.4. The lowest BCUT2D eigenvalue weighted by Crippen LogP contribution is -2.08. The summed E-state index contributed by atoms with van der Waals surface area (Å²) in [6.45, 7) is 0. The van der Waals surface area contributed by atoms with Crippen molar-refractivity contribution in [3.05, 3.63) is 224 Å². The van der Waals surface area contributed by atoms with E-state index in [9.17, 15) is 0 Å². The molecule has 4 heterocycles. The maximum Gasteiger partial charge on any atom is 0.163 e. The first-order chi connectivity index (χ1) is 31.7. The second-order valence-electron chi connectivity index (χ2n) is 16.1. The number of para-hydroxylation sites is 2. The molecule has 0 atom stereocenters. The number of aromatic nitrogens is 5. The lowest BCUT2D eigenvalue weighted by molar-refractivity contribution is 0.669. The lowest BCUT2D eigenvalue weighted by atomic mass is 9.94. The van der Waals surface area contributed by atoms with Gasteiger partial charge in [-0.3, -0.25) is 4.98 Å². The summed E-state index contributed by atoms with van der Waals surface area (Å²) in [5, 5.41) is 4.54. The standard InChI is InChI=1S/C58H39N5O/c1-5-17-38(18-6-1)42-35-43(39-19-7-2-8-20-39)37-44(36-42)47-29-31-50(63-49-27-15-13-25-45(49)55-51(63)32-33-53-56(55)46-26-14-16-28-52(46)64-53)48(59-47)30-34-54-60-57(40-21-9-3-10-22-40)62-58(61-54)41-23-11-4-12-24-41/h1-29,31-33,35-37H,30,34H2. The van der Waals surface area contributed by atoms with Crippen LogP contribution in [0.25, 0.3) is 106 Å². The average molecular weight is 822 g/mol. The van der Waals surface area contributed by atoms with Gasteiger partial charge in [0.05, 0.1) is 28.1 Å². The van der Waals surface area contributed by atoms with E-state index in [0.29, 0.717) is 30.3 Å². The van der Waals surface area contributed by atoms with E-state index in [1.54, 1.807) is 0 Å². The number of fused-ring (bicyclic) bond motifs is 7. The van der Waals surface area contributed by atoms with Crippen LogP contribution >= 0.6 is 0 Å². The Labute approximate surface area is 369 Å². The highest BCUT2D eigenvalue weighted by molar-refractivity contribution is 6.27. The fraction of sp³-hybridized carbons (Fsp3) is 0.0345. The van der Waals surface area contributed by atoms with Gasteiger partial charge in [-0.1, -0.05) is 158 Å². The normalized spacial score (nSPS) is 11.6. The SMILES string of the molecule is c1ccc(-c2cc(-c3ccccc3)cc(-c3ccc(-n4c5ccccc5c5c6c(ccc54)oc4ccccc46)c(CCc4nc(-c5ccccc5)nc(-c5ccccc5)n4)n3)c2)cc1. The summed E-state index contributed by atoms with van der Waals surface area (Å²) in [7, 11) is 0. The van der Waals surface area contributed by atoms with Gasteiger partial charge in [0.1, 0.15) is 17.0 Å². The van der Waals surface area contributed by atoms with Gasteiger partial charge in [0.25, 0.3) is 0 Å². The van der Waals surface area contributed by atoms with Crippen molar-refractivity contribution in [2.24, 2.45) is 0 Å². The number of hydrogen-bond acceptors (Lipinski definition) is 5. The Morgan fingerprint density at radius 2 is 0.906 bits per heavy atom. The van der Waals surface area contributed by atoms with E-state index in [2.05, 4.69) is 144 Å². The molecule has 302 valence electrons. The quantitative estimate of drug-likeness (QED) is 0.145. The first kappa shape index (κ1) is 37.3. The molecule has 0 aliphatic heterocycles. The number of aryl methyl sites for hydroxylation is 2. The van der Waals surface area contributed by atoms with Crippen molar-refractivity contribution in [2.75, 3.05) is 0 Å².